The lowest BCUT2D eigenvalue weighted by Crippen LogP contribution is -2.48. The van der Waals surface area contributed by atoms with Crippen LogP contribution in [0.2, 0.25) is 0 Å². The molecule has 2 aliphatic rings. The molecule has 2 amide bonds. The maximum atomic E-state index is 12.7. The fraction of sp³-hybridized carbons (Fsp3) is 0.684. The molecule has 2 fully saturated rings. The highest BCUT2D eigenvalue weighted by Crippen LogP contribution is 2.26. The molecule has 8 nitrogen and oxygen atoms in total. The lowest BCUT2D eigenvalue weighted by atomic mass is 9.95. The van der Waals surface area contributed by atoms with Gasteiger partial charge in [-0.3, -0.25) is 4.68 Å². The van der Waals surface area contributed by atoms with Crippen molar-refractivity contribution in [3.63, 3.8) is 0 Å². The number of nitrogens with one attached hydrogen (secondary N) is 1. The Morgan fingerprint density at radius 3 is 2.81 bits per heavy atom. The summed E-state index contributed by atoms with van der Waals surface area (Å²) in [7, 11) is 2.01. The Morgan fingerprint density at radius 2 is 2.04 bits per heavy atom. The van der Waals surface area contributed by atoms with Gasteiger partial charge in [-0.05, 0) is 31.7 Å². The SMILES string of the molecule is Cn1c(Cn2cccn2)nnc1C1CCCN(C(=O)NC2CCCCC2)C1. The Bertz CT molecular complexity index is 748. The third-order valence-corrected chi connectivity index (χ3v) is 5.87. The fourth-order valence-corrected chi connectivity index (χ4v) is 4.29. The zero-order valence-corrected chi connectivity index (χ0v) is 16.0. The van der Waals surface area contributed by atoms with E-state index < -0.39 is 0 Å². The van der Waals surface area contributed by atoms with E-state index in [0.717, 1.165) is 43.9 Å². The minimum Gasteiger partial charge on any atom is -0.335 e. The molecule has 3 heterocycles. The topological polar surface area (TPSA) is 80.9 Å². The van der Waals surface area contributed by atoms with Crippen LogP contribution in [-0.2, 0) is 13.6 Å². The lowest BCUT2D eigenvalue weighted by Gasteiger charge is -2.34. The van der Waals surface area contributed by atoms with Crippen molar-refractivity contribution in [2.75, 3.05) is 13.1 Å². The second-order valence-corrected chi connectivity index (χ2v) is 7.81. The van der Waals surface area contributed by atoms with Crippen molar-refractivity contribution in [3.05, 3.63) is 30.1 Å². The van der Waals surface area contributed by atoms with Crippen LogP contribution in [0.25, 0.3) is 0 Å². The molecule has 2 aromatic rings. The molecule has 0 bridgehead atoms. The minimum absolute atomic E-state index is 0.0885. The van der Waals surface area contributed by atoms with E-state index in [0.29, 0.717) is 19.1 Å². The van der Waals surface area contributed by atoms with Crippen LogP contribution in [0.1, 0.15) is 62.5 Å². The Labute approximate surface area is 159 Å². The van der Waals surface area contributed by atoms with Gasteiger partial charge in [-0.1, -0.05) is 19.3 Å². The molecule has 4 rings (SSSR count). The highest BCUT2D eigenvalue weighted by molar-refractivity contribution is 5.74. The van der Waals surface area contributed by atoms with E-state index in [1.54, 1.807) is 6.20 Å². The number of carbonyl (C=O) groups is 1. The molecule has 1 atom stereocenters. The van der Waals surface area contributed by atoms with E-state index in [1.165, 1.54) is 19.3 Å². The molecule has 1 aliphatic carbocycles. The summed E-state index contributed by atoms with van der Waals surface area (Å²) in [5.74, 6) is 2.09. The molecule has 1 saturated heterocycles. The zero-order valence-electron chi connectivity index (χ0n) is 16.0. The summed E-state index contributed by atoms with van der Waals surface area (Å²) in [5, 5.41) is 16.3. The van der Waals surface area contributed by atoms with Gasteiger partial charge in [-0.25, -0.2) is 4.79 Å². The van der Waals surface area contributed by atoms with E-state index in [2.05, 4.69) is 25.2 Å². The Balaban J connectivity index is 1.39. The van der Waals surface area contributed by atoms with Crippen LogP contribution in [0.15, 0.2) is 18.5 Å². The smallest absolute Gasteiger partial charge is 0.317 e. The summed E-state index contributed by atoms with van der Waals surface area (Å²) < 4.78 is 3.91. The third-order valence-electron chi connectivity index (χ3n) is 5.87. The summed E-state index contributed by atoms with van der Waals surface area (Å²) >= 11 is 0. The van der Waals surface area contributed by atoms with Crippen molar-refractivity contribution < 1.29 is 4.79 Å². The molecular weight excluding hydrogens is 342 g/mol. The molecule has 0 aromatic carbocycles. The molecule has 146 valence electrons. The molecule has 27 heavy (non-hydrogen) atoms. The van der Waals surface area contributed by atoms with Gasteiger partial charge in [0.1, 0.15) is 12.4 Å². The summed E-state index contributed by atoms with van der Waals surface area (Å²) in [6.07, 6.45) is 11.7. The number of aromatic nitrogens is 5. The number of piperidine rings is 1. The Morgan fingerprint density at radius 1 is 1.19 bits per heavy atom. The second-order valence-electron chi connectivity index (χ2n) is 7.81. The quantitative estimate of drug-likeness (QED) is 0.894. The van der Waals surface area contributed by atoms with Crippen molar-refractivity contribution in [3.8, 4) is 0 Å². The number of rotatable bonds is 4. The molecule has 0 spiro atoms. The number of likely N-dealkylation sites (tertiary alicyclic amines) is 1. The van der Waals surface area contributed by atoms with Gasteiger partial charge in [0.25, 0.3) is 0 Å². The average Bonchev–Trinajstić information content (AvgIpc) is 3.33. The van der Waals surface area contributed by atoms with Gasteiger partial charge in [-0.15, -0.1) is 10.2 Å². The van der Waals surface area contributed by atoms with Gasteiger partial charge >= 0.3 is 6.03 Å². The first kappa shape index (κ1) is 18.0. The van der Waals surface area contributed by atoms with Crippen molar-refractivity contribution in [1.29, 1.82) is 0 Å². The lowest BCUT2D eigenvalue weighted by molar-refractivity contribution is 0.171. The van der Waals surface area contributed by atoms with E-state index >= 15 is 0 Å². The second kappa shape index (κ2) is 8.10. The standard InChI is InChI=1S/C19H29N7O/c1-24-17(14-26-12-6-10-20-26)22-23-18(24)15-7-5-11-25(13-15)19(27)21-16-8-3-2-4-9-16/h6,10,12,15-16H,2-5,7-9,11,13-14H2,1H3,(H,21,27). The van der Waals surface area contributed by atoms with E-state index in [-0.39, 0.29) is 11.9 Å². The molecule has 1 N–H and O–H groups in total. The predicted octanol–water partition coefficient (Wildman–Crippen LogP) is 2.28. The van der Waals surface area contributed by atoms with E-state index in [9.17, 15) is 4.79 Å². The van der Waals surface area contributed by atoms with Gasteiger partial charge in [0, 0.05) is 44.5 Å². The van der Waals surface area contributed by atoms with Crippen LogP contribution in [0.5, 0.6) is 0 Å². The maximum absolute atomic E-state index is 12.7. The molecular formula is C19H29N7O. The fourth-order valence-electron chi connectivity index (χ4n) is 4.29. The van der Waals surface area contributed by atoms with Gasteiger partial charge in [0.05, 0.1) is 0 Å². The van der Waals surface area contributed by atoms with E-state index in [1.807, 2.05) is 28.9 Å². The van der Waals surface area contributed by atoms with Gasteiger partial charge < -0.3 is 14.8 Å². The normalized spacial score (nSPS) is 21.4. The summed E-state index contributed by atoms with van der Waals surface area (Å²) in [4.78, 5) is 14.7. The number of amides is 2. The Kier molecular flexibility index (Phi) is 5.40. The van der Waals surface area contributed by atoms with Crippen molar-refractivity contribution >= 4 is 6.03 Å². The summed E-state index contributed by atoms with van der Waals surface area (Å²) in [5.41, 5.74) is 0. The Hall–Kier alpha value is -2.38. The van der Waals surface area contributed by atoms with Crippen LogP contribution in [0, 0.1) is 0 Å². The van der Waals surface area contributed by atoms with Crippen molar-refractivity contribution in [1.82, 2.24) is 34.8 Å². The van der Waals surface area contributed by atoms with Crippen LogP contribution >= 0.6 is 0 Å². The zero-order chi connectivity index (χ0) is 18.6. The number of carbonyl (C=O) groups excluding carboxylic acids is 1. The van der Waals surface area contributed by atoms with Crippen molar-refractivity contribution in [2.24, 2.45) is 7.05 Å². The third kappa shape index (κ3) is 4.14. The first-order valence-electron chi connectivity index (χ1n) is 10.1. The van der Waals surface area contributed by atoms with Gasteiger partial charge in [0.2, 0.25) is 0 Å². The van der Waals surface area contributed by atoms with E-state index in [4.69, 9.17) is 0 Å². The maximum Gasteiger partial charge on any atom is 0.317 e. The highest BCUT2D eigenvalue weighted by Gasteiger charge is 2.29. The molecule has 1 aliphatic heterocycles. The first-order valence-corrected chi connectivity index (χ1v) is 10.1. The number of nitrogens with zero attached hydrogens (tertiary/aromatic N) is 6. The average molecular weight is 371 g/mol. The molecule has 1 unspecified atom stereocenters. The van der Waals surface area contributed by atoms with Gasteiger partial charge in [0.15, 0.2) is 5.82 Å². The van der Waals surface area contributed by atoms with Crippen LogP contribution in [0.3, 0.4) is 0 Å². The minimum atomic E-state index is 0.0885. The molecule has 0 radical (unpaired) electrons. The number of urea groups is 1. The number of hydrogen-bond donors (Lipinski definition) is 1. The predicted molar refractivity (Wildman–Crippen MR) is 101 cm³/mol. The first-order chi connectivity index (χ1) is 13.2. The van der Waals surface area contributed by atoms with Crippen LogP contribution in [-0.4, -0.2) is 54.6 Å². The van der Waals surface area contributed by atoms with Crippen LogP contribution < -0.4 is 5.32 Å². The molecule has 8 heteroatoms. The van der Waals surface area contributed by atoms with Crippen LogP contribution in [0.4, 0.5) is 4.79 Å². The largest absolute Gasteiger partial charge is 0.335 e. The number of hydrogen-bond acceptors (Lipinski definition) is 4. The summed E-state index contributed by atoms with van der Waals surface area (Å²) in [6, 6.07) is 2.34. The monoisotopic (exact) mass is 371 g/mol. The molecule has 1 saturated carbocycles. The van der Waals surface area contributed by atoms with Crippen molar-refractivity contribution in [2.45, 2.75) is 63.5 Å². The highest BCUT2D eigenvalue weighted by atomic mass is 16.2. The summed E-state index contributed by atoms with van der Waals surface area (Å²) in [6.45, 7) is 2.15. The van der Waals surface area contributed by atoms with Gasteiger partial charge in [-0.2, -0.15) is 5.10 Å². The molecule has 2 aromatic heterocycles.